The minimum absolute atomic E-state index is 0.00156. The van der Waals surface area contributed by atoms with Crippen LogP contribution in [0.4, 0.5) is 11.4 Å². The highest BCUT2D eigenvalue weighted by atomic mass is 35.5. The minimum Gasteiger partial charge on any atom is -0.397 e. The molecule has 1 aliphatic heterocycles. The maximum Gasteiger partial charge on any atom is 0.244 e. The number of rotatable bonds is 3. The smallest absolute Gasteiger partial charge is 0.244 e. The number of hydrogen-bond acceptors (Lipinski definition) is 3. The summed E-state index contributed by atoms with van der Waals surface area (Å²) in [4.78, 5) is 25.6. The second-order valence-corrected chi connectivity index (χ2v) is 6.05. The van der Waals surface area contributed by atoms with Gasteiger partial charge in [-0.15, -0.1) is 0 Å². The highest BCUT2D eigenvalue weighted by Gasteiger charge is 2.26. The van der Waals surface area contributed by atoms with E-state index in [0.29, 0.717) is 22.9 Å². The Labute approximate surface area is 133 Å². The average Bonchev–Trinajstić information content (AvgIpc) is 2.39. The lowest BCUT2D eigenvalue weighted by atomic mass is 9.99. The number of nitrogens with zero attached hydrogens (tertiary/aromatic N) is 1. The quantitative estimate of drug-likeness (QED) is 0.837. The van der Waals surface area contributed by atoms with Gasteiger partial charge in [-0.1, -0.05) is 30.1 Å². The third-order valence-corrected chi connectivity index (χ3v) is 4.00. The van der Waals surface area contributed by atoms with Crippen molar-refractivity contribution < 1.29 is 9.59 Å². The first kappa shape index (κ1) is 15.9. The van der Waals surface area contributed by atoms with Crippen LogP contribution in [0.25, 0.3) is 0 Å². The number of nitrogen functional groups attached to an aromatic ring is 1. The van der Waals surface area contributed by atoms with Crippen molar-refractivity contribution in [2.75, 3.05) is 24.1 Å². The first-order valence-electron chi connectivity index (χ1n) is 6.71. The zero-order valence-electron chi connectivity index (χ0n) is 11.7. The number of halogens is 2. The van der Waals surface area contributed by atoms with Gasteiger partial charge in [0.25, 0.3) is 0 Å². The normalized spacial score (nSPS) is 18.7. The van der Waals surface area contributed by atoms with Crippen LogP contribution in [0.5, 0.6) is 0 Å². The molecule has 0 aromatic heterocycles. The summed E-state index contributed by atoms with van der Waals surface area (Å²) in [6.07, 6.45) is 1.77. The first-order valence-corrected chi connectivity index (χ1v) is 7.47. The van der Waals surface area contributed by atoms with E-state index >= 15 is 0 Å². The largest absolute Gasteiger partial charge is 0.397 e. The first-order chi connectivity index (χ1) is 9.88. The van der Waals surface area contributed by atoms with Crippen LogP contribution in [0.3, 0.4) is 0 Å². The van der Waals surface area contributed by atoms with E-state index in [0.717, 1.165) is 12.8 Å². The van der Waals surface area contributed by atoms with E-state index < -0.39 is 0 Å². The Morgan fingerprint density at radius 1 is 1.48 bits per heavy atom. The van der Waals surface area contributed by atoms with Crippen LogP contribution in [-0.4, -0.2) is 29.8 Å². The van der Waals surface area contributed by atoms with Crippen molar-refractivity contribution in [3.8, 4) is 0 Å². The number of amides is 2. The van der Waals surface area contributed by atoms with Crippen molar-refractivity contribution in [1.29, 1.82) is 0 Å². The molecule has 0 saturated carbocycles. The number of benzene rings is 1. The molecular formula is C14H17Cl2N3O2. The van der Waals surface area contributed by atoms with E-state index in [9.17, 15) is 9.59 Å². The molecular weight excluding hydrogens is 313 g/mol. The molecule has 1 fully saturated rings. The number of anilines is 2. The average molecular weight is 330 g/mol. The number of nitrogens with one attached hydrogen (secondary N) is 1. The summed E-state index contributed by atoms with van der Waals surface area (Å²) in [5, 5.41) is 3.31. The maximum absolute atomic E-state index is 12.1. The van der Waals surface area contributed by atoms with Gasteiger partial charge in [-0.25, -0.2) is 0 Å². The van der Waals surface area contributed by atoms with Crippen molar-refractivity contribution >= 4 is 46.4 Å². The monoisotopic (exact) mass is 329 g/mol. The molecule has 0 spiro atoms. The van der Waals surface area contributed by atoms with E-state index in [1.54, 1.807) is 4.90 Å². The standard InChI is InChI=1S/C14H17Cl2N3O2/c1-8-3-2-4-19(14(8)21)7-12(20)18-13-10(16)5-9(15)6-11(13)17/h5-6,8H,2-4,7,17H2,1H3,(H,18,20). The Kier molecular flexibility index (Phi) is 4.96. The molecule has 2 rings (SSSR count). The Morgan fingerprint density at radius 3 is 2.86 bits per heavy atom. The van der Waals surface area contributed by atoms with Gasteiger partial charge in [0, 0.05) is 17.5 Å². The lowest BCUT2D eigenvalue weighted by molar-refractivity contribution is -0.140. The van der Waals surface area contributed by atoms with Crippen LogP contribution in [0.15, 0.2) is 12.1 Å². The lowest BCUT2D eigenvalue weighted by Crippen LogP contribution is -2.44. The maximum atomic E-state index is 12.1. The van der Waals surface area contributed by atoms with Crippen LogP contribution in [0.1, 0.15) is 19.8 Å². The summed E-state index contributed by atoms with van der Waals surface area (Å²) in [5.41, 5.74) is 6.40. The summed E-state index contributed by atoms with van der Waals surface area (Å²) in [6, 6.07) is 3.01. The van der Waals surface area contributed by atoms with Crippen LogP contribution in [0.2, 0.25) is 10.0 Å². The Hall–Kier alpha value is -1.46. The third-order valence-electron chi connectivity index (χ3n) is 3.48. The van der Waals surface area contributed by atoms with Gasteiger partial charge in [0.1, 0.15) is 0 Å². The Bertz CT molecular complexity index is 554. The summed E-state index contributed by atoms with van der Waals surface area (Å²) in [7, 11) is 0. The fourth-order valence-corrected chi connectivity index (χ4v) is 2.92. The highest BCUT2D eigenvalue weighted by molar-refractivity contribution is 6.37. The SMILES string of the molecule is CC1CCCN(CC(=O)Nc2c(N)cc(Cl)cc2Cl)C1=O. The van der Waals surface area contributed by atoms with Crippen LogP contribution < -0.4 is 11.1 Å². The lowest BCUT2D eigenvalue weighted by Gasteiger charge is -2.30. The fourth-order valence-electron chi connectivity index (χ4n) is 2.37. The Morgan fingerprint density at radius 2 is 2.19 bits per heavy atom. The van der Waals surface area contributed by atoms with Crippen molar-refractivity contribution in [2.24, 2.45) is 5.92 Å². The molecule has 3 N–H and O–H groups in total. The number of carbonyl (C=O) groups excluding carboxylic acids is 2. The highest BCUT2D eigenvalue weighted by Crippen LogP contribution is 2.32. The van der Waals surface area contributed by atoms with E-state index in [1.165, 1.54) is 12.1 Å². The van der Waals surface area contributed by atoms with E-state index in [4.69, 9.17) is 28.9 Å². The molecule has 114 valence electrons. The van der Waals surface area contributed by atoms with Gasteiger partial charge < -0.3 is 16.0 Å². The minimum atomic E-state index is -0.326. The summed E-state index contributed by atoms with van der Waals surface area (Å²) < 4.78 is 0. The molecule has 1 unspecified atom stereocenters. The van der Waals surface area contributed by atoms with E-state index in [-0.39, 0.29) is 29.3 Å². The number of piperidine rings is 1. The topological polar surface area (TPSA) is 75.4 Å². The third kappa shape index (κ3) is 3.80. The van der Waals surface area contributed by atoms with Gasteiger partial charge in [-0.3, -0.25) is 9.59 Å². The van der Waals surface area contributed by atoms with Crippen LogP contribution >= 0.6 is 23.2 Å². The molecule has 0 aliphatic carbocycles. The molecule has 0 radical (unpaired) electrons. The van der Waals surface area contributed by atoms with E-state index in [1.807, 2.05) is 6.92 Å². The van der Waals surface area contributed by atoms with Gasteiger partial charge in [0.15, 0.2) is 0 Å². The predicted octanol–water partition coefficient (Wildman–Crippen LogP) is 2.77. The zero-order chi connectivity index (χ0) is 15.6. The molecule has 5 nitrogen and oxygen atoms in total. The second-order valence-electron chi connectivity index (χ2n) is 5.20. The van der Waals surface area contributed by atoms with Gasteiger partial charge in [0.05, 0.1) is 22.9 Å². The van der Waals surface area contributed by atoms with Crippen molar-refractivity contribution in [3.05, 3.63) is 22.2 Å². The molecule has 21 heavy (non-hydrogen) atoms. The van der Waals surface area contributed by atoms with Crippen molar-refractivity contribution in [2.45, 2.75) is 19.8 Å². The van der Waals surface area contributed by atoms with Crippen LogP contribution in [-0.2, 0) is 9.59 Å². The van der Waals surface area contributed by atoms with E-state index in [2.05, 4.69) is 5.32 Å². The summed E-state index contributed by atoms with van der Waals surface area (Å²) in [5.74, 6) is -0.351. The van der Waals surface area contributed by atoms with Gasteiger partial charge in [-0.2, -0.15) is 0 Å². The number of hydrogen-bond donors (Lipinski definition) is 2. The Balaban J connectivity index is 2.04. The molecule has 1 aromatic carbocycles. The molecule has 1 aromatic rings. The summed E-state index contributed by atoms with van der Waals surface area (Å²) >= 11 is 11.8. The molecule has 1 saturated heterocycles. The number of nitrogens with two attached hydrogens (primary N) is 1. The van der Waals surface area contributed by atoms with Crippen molar-refractivity contribution in [1.82, 2.24) is 4.90 Å². The zero-order valence-corrected chi connectivity index (χ0v) is 13.2. The summed E-state index contributed by atoms with van der Waals surface area (Å²) in [6.45, 7) is 2.47. The second kappa shape index (κ2) is 6.54. The van der Waals surface area contributed by atoms with Crippen LogP contribution in [0, 0.1) is 5.92 Å². The molecule has 2 amide bonds. The fraction of sp³-hybridized carbons (Fsp3) is 0.429. The molecule has 0 bridgehead atoms. The predicted molar refractivity (Wildman–Crippen MR) is 84.5 cm³/mol. The van der Waals surface area contributed by atoms with Gasteiger partial charge in [0.2, 0.25) is 11.8 Å². The number of likely N-dealkylation sites (tertiary alicyclic amines) is 1. The molecule has 1 atom stereocenters. The van der Waals surface area contributed by atoms with Gasteiger partial charge >= 0.3 is 0 Å². The number of carbonyl (C=O) groups is 2. The molecule has 1 heterocycles. The van der Waals surface area contributed by atoms with Gasteiger partial charge in [-0.05, 0) is 25.0 Å². The van der Waals surface area contributed by atoms with Crippen molar-refractivity contribution in [3.63, 3.8) is 0 Å². The molecule has 1 aliphatic rings. The molecule has 7 heteroatoms.